The van der Waals surface area contributed by atoms with Crippen molar-refractivity contribution in [1.82, 2.24) is 0 Å². The van der Waals surface area contributed by atoms with Crippen molar-refractivity contribution in [1.29, 1.82) is 0 Å². The van der Waals surface area contributed by atoms with Gasteiger partial charge in [0.15, 0.2) is 6.29 Å². The third-order valence-electron chi connectivity index (χ3n) is 0.965. The normalized spacial score (nSPS) is 8.89. The van der Waals surface area contributed by atoms with Gasteiger partial charge >= 0.3 is 0 Å². The molecule has 0 saturated carbocycles. The van der Waals surface area contributed by atoms with Gasteiger partial charge in [-0.25, -0.2) is 0 Å². The van der Waals surface area contributed by atoms with Crippen LogP contribution in [0.25, 0.3) is 6.08 Å². The molecule has 0 saturated heterocycles. The van der Waals surface area contributed by atoms with E-state index in [0.717, 1.165) is 16.0 Å². The summed E-state index contributed by atoms with van der Waals surface area (Å²) < 4.78 is 0. The first-order chi connectivity index (χ1) is 4.36. The second-order valence-electron chi connectivity index (χ2n) is 1.56. The second kappa shape index (κ2) is 2.60. The van der Waals surface area contributed by atoms with Gasteiger partial charge in [-0.15, -0.1) is 11.3 Å². The minimum Gasteiger partial charge on any atom is -0.297 e. The molecule has 0 bridgehead atoms. The first kappa shape index (κ1) is 6.23. The Morgan fingerprint density at radius 1 is 1.44 bits per heavy atom. The van der Waals surface area contributed by atoms with Crippen molar-refractivity contribution in [3.05, 3.63) is 28.5 Å². The van der Waals surface area contributed by atoms with E-state index >= 15 is 0 Å². The van der Waals surface area contributed by atoms with Crippen LogP contribution in [0.1, 0.15) is 14.5 Å². The molecule has 0 N–H and O–H groups in total. The summed E-state index contributed by atoms with van der Waals surface area (Å²) in [6, 6.07) is 3.66. The molecule has 9 heavy (non-hydrogen) atoms. The summed E-state index contributed by atoms with van der Waals surface area (Å²) in [5, 5.41) is 0. The Kier molecular flexibility index (Phi) is 1.80. The van der Waals surface area contributed by atoms with Crippen LogP contribution in [0.5, 0.6) is 0 Å². The predicted octanol–water partition coefficient (Wildman–Crippen LogP) is 2.20. The number of aldehydes is 1. The van der Waals surface area contributed by atoms with Gasteiger partial charge in [-0.1, -0.05) is 12.7 Å². The molecular weight excluding hydrogens is 132 g/mol. The van der Waals surface area contributed by atoms with E-state index in [0.29, 0.717) is 0 Å². The van der Waals surface area contributed by atoms with Crippen LogP contribution >= 0.6 is 11.3 Å². The number of thiophene rings is 1. The van der Waals surface area contributed by atoms with Crippen LogP contribution in [0.4, 0.5) is 0 Å². The second-order valence-corrected chi connectivity index (χ2v) is 2.71. The third kappa shape index (κ3) is 1.27. The maximum atomic E-state index is 10.1. The number of carbonyl (C=O) groups is 1. The minimum absolute atomic E-state index is 0.755. The van der Waals surface area contributed by atoms with Crippen molar-refractivity contribution in [2.24, 2.45) is 0 Å². The van der Waals surface area contributed by atoms with Crippen LogP contribution in [-0.4, -0.2) is 6.29 Å². The maximum absolute atomic E-state index is 10.1. The monoisotopic (exact) mass is 138 g/mol. The van der Waals surface area contributed by atoms with E-state index in [1.54, 1.807) is 12.1 Å². The molecule has 0 radical (unpaired) electrons. The van der Waals surface area contributed by atoms with Gasteiger partial charge in [0.05, 0.1) is 4.88 Å². The van der Waals surface area contributed by atoms with Gasteiger partial charge < -0.3 is 0 Å². The molecule has 1 aromatic rings. The predicted molar refractivity (Wildman–Crippen MR) is 39.8 cm³/mol. The number of carbonyl (C=O) groups excluding carboxylic acids is 1. The Hall–Kier alpha value is -0.890. The average Bonchev–Trinajstić information content (AvgIpc) is 2.34. The molecule has 0 spiro atoms. The van der Waals surface area contributed by atoms with Crippen LogP contribution in [0.3, 0.4) is 0 Å². The standard InChI is InChI=1S/C7H6OS/c1-2-6-3-4-7(5-8)9-6/h2-5H,1H2. The molecule has 0 aliphatic carbocycles. The van der Waals surface area contributed by atoms with Crippen molar-refractivity contribution >= 4 is 23.7 Å². The van der Waals surface area contributed by atoms with E-state index in [1.807, 2.05) is 6.07 Å². The van der Waals surface area contributed by atoms with Gasteiger partial charge in [-0.05, 0) is 12.1 Å². The average molecular weight is 138 g/mol. The van der Waals surface area contributed by atoms with Gasteiger partial charge in [0, 0.05) is 4.88 Å². The van der Waals surface area contributed by atoms with E-state index < -0.39 is 0 Å². The third-order valence-corrected chi connectivity index (χ3v) is 1.97. The molecule has 1 rings (SSSR count). The highest BCUT2D eigenvalue weighted by Crippen LogP contribution is 2.14. The van der Waals surface area contributed by atoms with Crippen molar-refractivity contribution in [2.75, 3.05) is 0 Å². The zero-order valence-corrected chi connectivity index (χ0v) is 5.65. The lowest BCUT2D eigenvalue weighted by Crippen LogP contribution is -1.61. The fourth-order valence-corrected chi connectivity index (χ4v) is 1.22. The zero-order valence-electron chi connectivity index (χ0n) is 4.83. The quantitative estimate of drug-likeness (QED) is 0.572. The van der Waals surface area contributed by atoms with Gasteiger partial charge in [-0.2, -0.15) is 0 Å². The number of rotatable bonds is 2. The summed E-state index contributed by atoms with van der Waals surface area (Å²) in [7, 11) is 0. The fraction of sp³-hybridized carbons (Fsp3) is 0. The summed E-state index contributed by atoms with van der Waals surface area (Å²) in [4.78, 5) is 11.9. The lowest BCUT2D eigenvalue weighted by Gasteiger charge is -1.74. The van der Waals surface area contributed by atoms with Crippen molar-refractivity contribution in [3.63, 3.8) is 0 Å². The Morgan fingerprint density at radius 2 is 2.11 bits per heavy atom. The van der Waals surface area contributed by atoms with E-state index in [-0.39, 0.29) is 0 Å². The largest absolute Gasteiger partial charge is 0.297 e. The highest BCUT2D eigenvalue weighted by Gasteiger charge is 1.91. The lowest BCUT2D eigenvalue weighted by atomic mass is 10.4. The van der Waals surface area contributed by atoms with Crippen LogP contribution in [0.2, 0.25) is 0 Å². The maximum Gasteiger partial charge on any atom is 0.160 e. The van der Waals surface area contributed by atoms with Crippen molar-refractivity contribution in [3.8, 4) is 0 Å². The summed E-state index contributed by atoms with van der Waals surface area (Å²) in [6.07, 6.45) is 2.58. The van der Waals surface area contributed by atoms with Crippen LogP contribution in [0, 0.1) is 0 Å². The number of hydrogen-bond acceptors (Lipinski definition) is 2. The first-order valence-electron chi connectivity index (χ1n) is 2.54. The Bertz CT molecular complexity index is 202. The minimum atomic E-state index is 0.755. The molecule has 46 valence electrons. The molecule has 0 amide bonds. The molecule has 0 aromatic carbocycles. The fourth-order valence-electron chi connectivity index (χ4n) is 0.541. The Labute approximate surface area is 57.6 Å². The Balaban J connectivity index is 2.98. The molecule has 0 fully saturated rings. The summed E-state index contributed by atoms with van der Waals surface area (Å²) in [5.41, 5.74) is 0. The lowest BCUT2D eigenvalue weighted by molar-refractivity contribution is 0.112. The molecule has 1 aromatic heterocycles. The van der Waals surface area contributed by atoms with Gasteiger partial charge in [0.25, 0.3) is 0 Å². The van der Waals surface area contributed by atoms with E-state index in [2.05, 4.69) is 6.58 Å². The topological polar surface area (TPSA) is 17.1 Å². The van der Waals surface area contributed by atoms with Crippen LogP contribution < -0.4 is 0 Å². The molecule has 0 unspecified atom stereocenters. The van der Waals surface area contributed by atoms with Crippen molar-refractivity contribution < 1.29 is 4.79 Å². The van der Waals surface area contributed by atoms with Crippen molar-refractivity contribution in [2.45, 2.75) is 0 Å². The first-order valence-corrected chi connectivity index (χ1v) is 3.36. The smallest absolute Gasteiger partial charge is 0.160 e. The van der Waals surface area contributed by atoms with E-state index in [9.17, 15) is 4.79 Å². The summed E-state index contributed by atoms with van der Waals surface area (Å²) in [6.45, 7) is 3.57. The summed E-state index contributed by atoms with van der Waals surface area (Å²) >= 11 is 1.45. The van der Waals surface area contributed by atoms with Gasteiger partial charge in [-0.3, -0.25) is 4.79 Å². The summed E-state index contributed by atoms with van der Waals surface area (Å²) in [5.74, 6) is 0. The molecule has 0 atom stereocenters. The molecule has 0 aliphatic rings. The SMILES string of the molecule is C=Cc1ccc(C=O)s1. The highest BCUT2D eigenvalue weighted by atomic mass is 32.1. The molecule has 1 nitrogen and oxygen atoms in total. The van der Waals surface area contributed by atoms with E-state index in [1.165, 1.54) is 11.3 Å². The molecular formula is C7H6OS. The van der Waals surface area contributed by atoms with Gasteiger partial charge in [0.2, 0.25) is 0 Å². The molecule has 1 heterocycles. The van der Waals surface area contributed by atoms with Crippen LogP contribution in [-0.2, 0) is 0 Å². The molecule has 2 heteroatoms. The Morgan fingerprint density at radius 3 is 2.44 bits per heavy atom. The number of hydrogen-bond donors (Lipinski definition) is 0. The highest BCUT2D eigenvalue weighted by molar-refractivity contribution is 7.14. The van der Waals surface area contributed by atoms with Gasteiger partial charge in [0.1, 0.15) is 0 Å². The van der Waals surface area contributed by atoms with E-state index in [4.69, 9.17) is 0 Å². The molecule has 0 aliphatic heterocycles. The van der Waals surface area contributed by atoms with Crippen LogP contribution in [0.15, 0.2) is 18.7 Å². The zero-order chi connectivity index (χ0) is 6.69.